The van der Waals surface area contributed by atoms with Crippen molar-refractivity contribution in [2.45, 2.75) is 38.3 Å². The number of amides is 2. The number of nitrogens with zero attached hydrogens (tertiary/aromatic N) is 2. The van der Waals surface area contributed by atoms with Crippen LogP contribution in [0.25, 0.3) is 0 Å². The smallest absolute Gasteiger partial charge is 0.317 e. The van der Waals surface area contributed by atoms with Gasteiger partial charge in [-0.3, -0.25) is 4.90 Å². The van der Waals surface area contributed by atoms with Gasteiger partial charge in [-0.2, -0.15) is 0 Å². The molecule has 2 aliphatic heterocycles. The number of piperidine rings is 1. The van der Waals surface area contributed by atoms with Crippen LogP contribution in [0.4, 0.5) is 4.79 Å². The lowest BCUT2D eigenvalue weighted by Gasteiger charge is -2.47. The van der Waals surface area contributed by atoms with Gasteiger partial charge in [0.1, 0.15) is 0 Å². The van der Waals surface area contributed by atoms with Crippen LogP contribution < -0.4 is 5.32 Å². The molecule has 2 unspecified atom stereocenters. The van der Waals surface area contributed by atoms with E-state index in [4.69, 9.17) is 0 Å². The molecule has 0 aliphatic carbocycles. The average molecular weight is 211 g/mol. The first-order valence-electron chi connectivity index (χ1n) is 5.94. The van der Waals surface area contributed by atoms with Crippen molar-refractivity contribution >= 4 is 6.03 Å². The molecular formula is C11H21N3O. The van der Waals surface area contributed by atoms with E-state index < -0.39 is 0 Å². The lowest BCUT2D eigenvalue weighted by Crippen LogP contribution is -2.61. The molecular weight excluding hydrogens is 190 g/mol. The minimum Gasteiger partial charge on any atom is -0.341 e. The van der Waals surface area contributed by atoms with E-state index in [1.165, 1.54) is 25.8 Å². The van der Waals surface area contributed by atoms with Crippen molar-refractivity contribution in [1.29, 1.82) is 0 Å². The Hall–Kier alpha value is -0.770. The standard InChI is InChI=1S/C11H21N3O/c1-9-7-13-6-4-3-5-10(13)8-14(9)11(15)12-2/h9-10H,3-8H2,1-2H3,(H,12,15). The molecule has 0 spiro atoms. The monoisotopic (exact) mass is 211 g/mol. The average Bonchev–Trinajstić information content (AvgIpc) is 2.27. The number of carbonyl (C=O) groups excluding carboxylic acids is 1. The number of hydrogen-bond acceptors (Lipinski definition) is 2. The van der Waals surface area contributed by atoms with Gasteiger partial charge >= 0.3 is 6.03 Å². The minimum absolute atomic E-state index is 0.0766. The van der Waals surface area contributed by atoms with Crippen LogP contribution >= 0.6 is 0 Å². The lowest BCUT2D eigenvalue weighted by atomic mass is 9.97. The van der Waals surface area contributed by atoms with Gasteiger partial charge in [0.05, 0.1) is 0 Å². The third-order valence-electron chi connectivity index (χ3n) is 3.66. The van der Waals surface area contributed by atoms with Crippen LogP contribution in [0.1, 0.15) is 26.2 Å². The molecule has 2 rings (SSSR count). The van der Waals surface area contributed by atoms with Crippen LogP contribution in [0.5, 0.6) is 0 Å². The Morgan fingerprint density at radius 1 is 1.33 bits per heavy atom. The first kappa shape index (κ1) is 10.7. The number of nitrogens with one attached hydrogen (secondary N) is 1. The summed E-state index contributed by atoms with van der Waals surface area (Å²) in [4.78, 5) is 16.2. The molecule has 86 valence electrons. The van der Waals surface area contributed by atoms with Crippen LogP contribution in [-0.4, -0.2) is 54.6 Å². The summed E-state index contributed by atoms with van der Waals surface area (Å²) in [5.74, 6) is 0. The minimum atomic E-state index is 0.0766. The van der Waals surface area contributed by atoms with Crippen molar-refractivity contribution < 1.29 is 4.79 Å². The van der Waals surface area contributed by atoms with Crippen molar-refractivity contribution in [3.05, 3.63) is 0 Å². The molecule has 2 fully saturated rings. The second-order valence-electron chi connectivity index (χ2n) is 4.70. The number of rotatable bonds is 0. The zero-order chi connectivity index (χ0) is 10.8. The Bertz CT molecular complexity index is 244. The van der Waals surface area contributed by atoms with Gasteiger partial charge in [-0.1, -0.05) is 6.42 Å². The summed E-state index contributed by atoms with van der Waals surface area (Å²) in [6, 6.07) is 1.03. The fraction of sp³-hybridized carbons (Fsp3) is 0.909. The van der Waals surface area contributed by atoms with E-state index in [2.05, 4.69) is 17.1 Å². The fourth-order valence-corrected chi connectivity index (χ4v) is 2.78. The van der Waals surface area contributed by atoms with Crippen molar-refractivity contribution in [1.82, 2.24) is 15.1 Å². The van der Waals surface area contributed by atoms with Crippen LogP contribution in [0, 0.1) is 0 Å². The number of hydrogen-bond donors (Lipinski definition) is 1. The molecule has 0 radical (unpaired) electrons. The van der Waals surface area contributed by atoms with Gasteiger partial charge in [0.15, 0.2) is 0 Å². The van der Waals surface area contributed by atoms with Gasteiger partial charge in [-0.15, -0.1) is 0 Å². The zero-order valence-corrected chi connectivity index (χ0v) is 9.70. The second-order valence-corrected chi connectivity index (χ2v) is 4.70. The van der Waals surface area contributed by atoms with Gasteiger partial charge < -0.3 is 10.2 Å². The molecule has 2 aliphatic rings. The van der Waals surface area contributed by atoms with Crippen molar-refractivity contribution in [3.8, 4) is 0 Å². The van der Waals surface area contributed by atoms with Crippen molar-refractivity contribution in [2.75, 3.05) is 26.7 Å². The molecule has 0 bridgehead atoms. The predicted octanol–water partition coefficient (Wildman–Crippen LogP) is 0.884. The second kappa shape index (κ2) is 4.39. The molecule has 2 saturated heterocycles. The van der Waals surface area contributed by atoms with Gasteiger partial charge in [0.25, 0.3) is 0 Å². The van der Waals surface area contributed by atoms with Crippen molar-refractivity contribution in [2.24, 2.45) is 0 Å². The summed E-state index contributed by atoms with van der Waals surface area (Å²) in [5.41, 5.74) is 0. The Labute approximate surface area is 91.6 Å². The molecule has 2 amide bonds. The van der Waals surface area contributed by atoms with Crippen LogP contribution in [0.15, 0.2) is 0 Å². The van der Waals surface area contributed by atoms with Gasteiger partial charge in [-0.05, 0) is 26.3 Å². The Balaban J connectivity index is 2.01. The summed E-state index contributed by atoms with van der Waals surface area (Å²) >= 11 is 0. The summed E-state index contributed by atoms with van der Waals surface area (Å²) in [7, 11) is 1.71. The SMILES string of the molecule is CNC(=O)N1CC2CCCCN2CC1C. The van der Waals surface area contributed by atoms with E-state index in [0.717, 1.165) is 13.1 Å². The first-order chi connectivity index (χ1) is 7.22. The summed E-state index contributed by atoms with van der Waals surface area (Å²) in [5, 5.41) is 2.73. The molecule has 0 saturated carbocycles. The molecule has 4 heteroatoms. The predicted molar refractivity (Wildman–Crippen MR) is 59.8 cm³/mol. The highest BCUT2D eigenvalue weighted by atomic mass is 16.2. The highest BCUT2D eigenvalue weighted by molar-refractivity contribution is 5.74. The highest BCUT2D eigenvalue weighted by Crippen LogP contribution is 2.23. The fourth-order valence-electron chi connectivity index (χ4n) is 2.78. The van der Waals surface area contributed by atoms with E-state index in [1.807, 2.05) is 4.90 Å². The molecule has 15 heavy (non-hydrogen) atoms. The van der Waals surface area contributed by atoms with E-state index >= 15 is 0 Å². The molecule has 0 aromatic carbocycles. The Kier molecular flexibility index (Phi) is 3.14. The molecule has 4 nitrogen and oxygen atoms in total. The van der Waals surface area contributed by atoms with Crippen LogP contribution in [0.3, 0.4) is 0 Å². The van der Waals surface area contributed by atoms with E-state index in [-0.39, 0.29) is 6.03 Å². The largest absolute Gasteiger partial charge is 0.341 e. The topological polar surface area (TPSA) is 35.6 Å². The molecule has 2 atom stereocenters. The maximum absolute atomic E-state index is 11.6. The summed E-state index contributed by atoms with van der Waals surface area (Å²) < 4.78 is 0. The van der Waals surface area contributed by atoms with Gasteiger partial charge in [0, 0.05) is 32.2 Å². The third kappa shape index (κ3) is 2.09. The zero-order valence-electron chi connectivity index (χ0n) is 9.70. The molecule has 0 aromatic heterocycles. The quantitative estimate of drug-likeness (QED) is 0.646. The number of urea groups is 1. The summed E-state index contributed by atoms with van der Waals surface area (Å²) in [6.45, 7) is 5.30. The Morgan fingerprint density at radius 3 is 2.87 bits per heavy atom. The van der Waals surface area contributed by atoms with Gasteiger partial charge in [-0.25, -0.2) is 4.79 Å². The summed E-state index contributed by atoms with van der Waals surface area (Å²) in [6.07, 6.45) is 3.89. The lowest BCUT2D eigenvalue weighted by molar-refractivity contribution is 0.0351. The van der Waals surface area contributed by atoms with Crippen molar-refractivity contribution in [3.63, 3.8) is 0 Å². The Morgan fingerprint density at radius 2 is 2.13 bits per heavy atom. The van der Waals surface area contributed by atoms with E-state index in [1.54, 1.807) is 7.05 Å². The normalized spacial score (nSPS) is 32.3. The van der Waals surface area contributed by atoms with Gasteiger partial charge in [0.2, 0.25) is 0 Å². The highest BCUT2D eigenvalue weighted by Gasteiger charge is 2.34. The third-order valence-corrected chi connectivity index (χ3v) is 3.66. The molecule has 0 aromatic rings. The maximum atomic E-state index is 11.6. The number of fused-ring (bicyclic) bond motifs is 1. The molecule has 1 N–H and O–H groups in total. The van der Waals surface area contributed by atoms with E-state index in [9.17, 15) is 4.79 Å². The van der Waals surface area contributed by atoms with Crippen LogP contribution in [-0.2, 0) is 0 Å². The number of carbonyl (C=O) groups is 1. The maximum Gasteiger partial charge on any atom is 0.317 e. The number of piperazine rings is 1. The molecule has 2 heterocycles. The van der Waals surface area contributed by atoms with E-state index in [0.29, 0.717) is 12.1 Å². The first-order valence-corrected chi connectivity index (χ1v) is 5.94. The van der Waals surface area contributed by atoms with Crippen LogP contribution in [0.2, 0.25) is 0 Å².